The molecule has 0 aliphatic carbocycles. The zero-order valence-corrected chi connectivity index (χ0v) is 13.1. The molecule has 114 valence electrons. The number of likely N-dealkylation sites (N-methyl/N-ethyl adjacent to an activating group) is 2. The smallest absolute Gasteiger partial charge is 0.307 e. The molecule has 1 aliphatic rings. The van der Waals surface area contributed by atoms with Crippen molar-refractivity contribution in [2.45, 2.75) is 32.7 Å². The summed E-state index contributed by atoms with van der Waals surface area (Å²) in [7, 11) is 3.46. The number of hydrogen-bond donors (Lipinski definition) is 1. The molecule has 1 heterocycles. The van der Waals surface area contributed by atoms with Crippen molar-refractivity contribution in [2.24, 2.45) is 0 Å². The predicted molar refractivity (Wildman–Crippen MR) is 83.4 cm³/mol. The van der Waals surface area contributed by atoms with Crippen LogP contribution in [0.4, 0.5) is 10.5 Å². The third-order valence-corrected chi connectivity index (χ3v) is 4.15. The number of para-hydroxylation sites is 1. The Bertz CT molecular complexity index is 536. The molecule has 1 aromatic carbocycles. The number of nitrogens with zero attached hydrogens (tertiary/aromatic N) is 2. The summed E-state index contributed by atoms with van der Waals surface area (Å²) in [4.78, 5) is 27.9. The van der Waals surface area contributed by atoms with E-state index in [0.29, 0.717) is 0 Å². The number of carbonyl (C=O) groups excluding carboxylic acids is 2. The normalized spacial score (nSPS) is 18.6. The minimum atomic E-state index is -0.377. The maximum absolute atomic E-state index is 12.4. The Morgan fingerprint density at radius 1 is 1.29 bits per heavy atom. The Labute approximate surface area is 125 Å². The van der Waals surface area contributed by atoms with Gasteiger partial charge in [0.1, 0.15) is 0 Å². The van der Waals surface area contributed by atoms with E-state index < -0.39 is 0 Å². The van der Waals surface area contributed by atoms with E-state index in [4.69, 9.17) is 0 Å². The zero-order valence-electron chi connectivity index (χ0n) is 13.1. The lowest BCUT2D eigenvalue weighted by atomic mass is 10.1. The van der Waals surface area contributed by atoms with E-state index in [1.807, 2.05) is 44.0 Å². The average Bonchev–Trinajstić information content (AvgIpc) is 2.87. The van der Waals surface area contributed by atoms with Crippen LogP contribution in [0.1, 0.15) is 24.0 Å². The van der Waals surface area contributed by atoms with Crippen molar-refractivity contribution >= 4 is 17.6 Å². The zero-order chi connectivity index (χ0) is 15.6. The van der Waals surface area contributed by atoms with Gasteiger partial charge in [0.05, 0.1) is 6.04 Å². The Morgan fingerprint density at radius 3 is 2.43 bits per heavy atom. The fourth-order valence-corrected chi connectivity index (χ4v) is 2.75. The van der Waals surface area contributed by atoms with Gasteiger partial charge in [0.15, 0.2) is 0 Å². The van der Waals surface area contributed by atoms with Crippen LogP contribution >= 0.6 is 0 Å². The topological polar surface area (TPSA) is 52.7 Å². The third-order valence-electron chi connectivity index (χ3n) is 4.15. The predicted octanol–water partition coefficient (Wildman–Crippen LogP) is 2.39. The minimum absolute atomic E-state index is 0.140. The number of amides is 3. The van der Waals surface area contributed by atoms with Crippen molar-refractivity contribution in [2.75, 3.05) is 26.0 Å². The molecule has 21 heavy (non-hydrogen) atoms. The molecular formula is C16H23N3O2. The summed E-state index contributed by atoms with van der Waals surface area (Å²) in [5.74, 6) is -0.140. The van der Waals surface area contributed by atoms with Crippen molar-refractivity contribution in [3.63, 3.8) is 0 Å². The van der Waals surface area contributed by atoms with Crippen LogP contribution in [0.2, 0.25) is 0 Å². The molecule has 1 aromatic rings. The molecule has 3 amide bonds. The number of urea groups is 1. The number of benzene rings is 1. The molecule has 0 spiro atoms. The fraction of sp³-hybridized carbons (Fsp3) is 0.500. The largest absolute Gasteiger partial charge is 0.328 e. The Balaban J connectivity index is 2.07. The molecule has 5 nitrogen and oxygen atoms in total. The van der Waals surface area contributed by atoms with Crippen LogP contribution in [0.15, 0.2) is 18.2 Å². The number of nitrogens with one attached hydrogen (secondary N) is 1. The van der Waals surface area contributed by atoms with E-state index in [2.05, 4.69) is 5.32 Å². The number of hydrogen-bond acceptors (Lipinski definition) is 3. The van der Waals surface area contributed by atoms with Crippen LogP contribution in [0, 0.1) is 13.8 Å². The van der Waals surface area contributed by atoms with Gasteiger partial charge in [0, 0.05) is 12.7 Å². The van der Waals surface area contributed by atoms with Gasteiger partial charge >= 0.3 is 6.03 Å². The van der Waals surface area contributed by atoms with Gasteiger partial charge in [-0.3, -0.25) is 14.6 Å². The Kier molecular flexibility index (Phi) is 4.63. The maximum Gasteiger partial charge on any atom is 0.328 e. The van der Waals surface area contributed by atoms with Gasteiger partial charge in [-0.2, -0.15) is 0 Å². The average molecular weight is 289 g/mol. The summed E-state index contributed by atoms with van der Waals surface area (Å²) in [6.45, 7) is 4.78. The molecule has 1 aliphatic heterocycles. The summed E-state index contributed by atoms with van der Waals surface area (Å²) >= 11 is 0. The van der Waals surface area contributed by atoms with Crippen LogP contribution in [0.3, 0.4) is 0 Å². The van der Waals surface area contributed by atoms with Gasteiger partial charge in [-0.1, -0.05) is 18.2 Å². The first-order valence-corrected chi connectivity index (χ1v) is 7.27. The maximum atomic E-state index is 12.4. The summed E-state index contributed by atoms with van der Waals surface area (Å²) in [6.07, 6.45) is 1.82. The highest BCUT2D eigenvalue weighted by molar-refractivity contribution is 6.03. The second kappa shape index (κ2) is 6.26. The van der Waals surface area contributed by atoms with E-state index in [9.17, 15) is 9.59 Å². The van der Waals surface area contributed by atoms with E-state index in [0.717, 1.165) is 36.2 Å². The molecular weight excluding hydrogens is 266 g/mol. The van der Waals surface area contributed by atoms with Crippen LogP contribution in [-0.4, -0.2) is 48.4 Å². The molecule has 0 aromatic heterocycles. The molecule has 1 N–H and O–H groups in total. The number of likely N-dealkylation sites (tertiary alicyclic amines) is 1. The third kappa shape index (κ3) is 3.24. The SMILES string of the molecule is Cc1cccc(C)c1NC(=O)N(C)C(=O)C1CCCN1C. The second-order valence-corrected chi connectivity index (χ2v) is 5.73. The monoisotopic (exact) mass is 289 g/mol. The number of carbonyl (C=O) groups is 2. The number of rotatable bonds is 2. The molecule has 0 saturated carbocycles. The van der Waals surface area contributed by atoms with Gasteiger partial charge in [-0.15, -0.1) is 0 Å². The van der Waals surface area contributed by atoms with E-state index >= 15 is 0 Å². The quantitative estimate of drug-likeness (QED) is 0.909. The van der Waals surface area contributed by atoms with Gasteiger partial charge < -0.3 is 5.32 Å². The van der Waals surface area contributed by atoms with Crippen LogP contribution in [0.5, 0.6) is 0 Å². The van der Waals surface area contributed by atoms with Crippen molar-refractivity contribution in [3.8, 4) is 0 Å². The first-order valence-electron chi connectivity index (χ1n) is 7.27. The molecule has 1 unspecified atom stereocenters. The number of aryl methyl sites for hydroxylation is 2. The fourth-order valence-electron chi connectivity index (χ4n) is 2.75. The van der Waals surface area contributed by atoms with Crippen LogP contribution in [0.25, 0.3) is 0 Å². The Morgan fingerprint density at radius 2 is 1.90 bits per heavy atom. The van der Waals surface area contributed by atoms with E-state index in [1.54, 1.807) is 0 Å². The molecule has 1 fully saturated rings. The highest BCUT2D eigenvalue weighted by atomic mass is 16.2. The van der Waals surface area contributed by atoms with Gasteiger partial charge in [-0.25, -0.2) is 4.79 Å². The van der Waals surface area contributed by atoms with E-state index in [1.165, 1.54) is 11.9 Å². The molecule has 2 rings (SSSR count). The van der Waals surface area contributed by atoms with Crippen LogP contribution < -0.4 is 5.32 Å². The van der Waals surface area contributed by atoms with Gasteiger partial charge in [0.2, 0.25) is 5.91 Å². The second-order valence-electron chi connectivity index (χ2n) is 5.73. The summed E-state index contributed by atoms with van der Waals surface area (Å²) in [5.41, 5.74) is 2.76. The first-order chi connectivity index (χ1) is 9.91. The molecule has 0 radical (unpaired) electrons. The summed E-state index contributed by atoms with van der Waals surface area (Å²) in [6, 6.07) is 5.27. The standard InChI is InChI=1S/C16H23N3O2/c1-11-7-5-8-12(2)14(11)17-16(21)19(4)15(20)13-9-6-10-18(13)3/h5,7-8,13H,6,9-10H2,1-4H3,(H,17,21). The van der Waals surface area contributed by atoms with Crippen molar-refractivity contribution in [3.05, 3.63) is 29.3 Å². The number of imide groups is 1. The number of anilines is 1. The lowest BCUT2D eigenvalue weighted by Gasteiger charge is -2.24. The Hall–Kier alpha value is -1.88. The lowest BCUT2D eigenvalue weighted by molar-refractivity contribution is -0.131. The molecule has 0 bridgehead atoms. The molecule has 5 heteroatoms. The van der Waals surface area contributed by atoms with E-state index in [-0.39, 0.29) is 18.0 Å². The van der Waals surface area contributed by atoms with Crippen molar-refractivity contribution < 1.29 is 9.59 Å². The highest BCUT2D eigenvalue weighted by Gasteiger charge is 2.32. The van der Waals surface area contributed by atoms with Gasteiger partial charge in [0.25, 0.3) is 0 Å². The molecule has 1 atom stereocenters. The highest BCUT2D eigenvalue weighted by Crippen LogP contribution is 2.21. The van der Waals surface area contributed by atoms with Crippen molar-refractivity contribution in [1.29, 1.82) is 0 Å². The minimum Gasteiger partial charge on any atom is -0.307 e. The molecule has 1 saturated heterocycles. The van der Waals surface area contributed by atoms with Gasteiger partial charge in [-0.05, 0) is 51.4 Å². The lowest BCUT2D eigenvalue weighted by Crippen LogP contribution is -2.46. The summed E-state index contributed by atoms with van der Waals surface area (Å²) < 4.78 is 0. The summed E-state index contributed by atoms with van der Waals surface area (Å²) in [5, 5.41) is 2.85. The van der Waals surface area contributed by atoms with Crippen LogP contribution in [-0.2, 0) is 4.79 Å². The first kappa shape index (κ1) is 15.5. The van der Waals surface area contributed by atoms with Crippen molar-refractivity contribution in [1.82, 2.24) is 9.80 Å².